The SMILES string of the molecule is CC(C)C(CC=O)c1ccc(Cl)c(F)c1. The number of halogens is 2. The molecule has 0 radical (unpaired) electrons. The average Bonchev–Trinajstić information content (AvgIpc) is 2.18. The predicted molar refractivity (Wildman–Crippen MR) is 59.7 cm³/mol. The molecule has 82 valence electrons. The Morgan fingerprint density at radius 2 is 2.13 bits per heavy atom. The standard InChI is InChI=1S/C12H14ClFO/c1-8(2)10(5-6-15)9-3-4-11(13)12(14)7-9/h3-4,6-8,10H,5H2,1-2H3. The van der Waals surface area contributed by atoms with Gasteiger partial charge >= 0.3 is 0 Å². The lowest BCUT2D eigenvalue weighted by Crippen LogP contribution is -2.07. The van der Waals surface area contributed by atoms with Gasteiger partial charge in [0.2, 0.25) is 0 Å². The molecule has 15 heavy (non-hydrogen) atoms. The maximum absolute atomic E-state index is 13.2. The van der Waals surface area contributed by atoms with Gasteiger partial charge in [0.15, 0.2) is 0 Å². The van der Waals surface area contributed by atoms with E-state index in [1.165, 1.54) is 12.1 Å². The Morgan fingerprint density at radius 3 is 2.60 bits per heavy atom. The first-order chi connectivity index (χ1) is 7.06. The van der Waals surface area contributed by atoms with Crippen molar-refractivity contribution in [1.82, 2.24) is 0 Å². The number of aldehydes is 1. The second-order valence-corrected chi connectivity index (χ2v) is 4.33. The van der Waals surface area contributed by atoms with Crippen molar-refractivity contribution >= 4 is 17.9 Å². The second-order valence-electron chi connectivity index (χ2n) is 3.93. The molecule has 0 aromatic heterocycles. The summed E-state index contributed by atoms with van der Waals surface area (Å²) in [4.78, 5) is 10.5. The number of carbonyl (C=O) groups excluding carboxylic acids is 1. The Balaban J connectivity index is 3.00. The van der Waals surface area contributed by atoms with Crippen molar-refractivity contribution in [1.29, 1.82) is 0 Å². The van der Waals surface area contributed by atoms with Gasteiger partial charge in [-0.2, -0.15) is 0 Å². The molecule has 1 aromatic carbocycles. The van der Waals surface area contributed by atoms with Gasteiger partial charge in [0.25, 0.3) is 0 Å². The molecule has 0 heterocycles. The summed E-state index contributed by atoms with van der Waals surface area (Å²) in [5.74, 6) is -0.0595. The lowest BCUT2D eigenvalue weighted by atomic mass is 9.86. The van der Waals surface area contributed by atoms with Crippen LogP contribution in [-0.4, -0.2) is 6.29 Å². The lowest BCUT2D eigenvalue weighted by molar-refractivity contribution is -0.108. The first-order valence-electron chi connectivity index (χ1n) is 4.94. The third-order valence-corrected chi connectivity index (χ3v) is 2.83. The van der Waals surface area contributed by atoms with Crippen LogP contribution in [0.2, 0.25) is 5.02 Å². The summed E-state index contributed by atoms with van der Waals surface area (Å²) in [5, 5.41) is 0.118. The summed E-state index contributed by atoms with van der Waals surface area (Å²) in [6.45, 7) is 4.03. The van der Waals surface area contributed by atoms with Gasteiger partial charge in [-0.25, -0.2) is 4.39 Å². The van der Waals surface area contributed by atoms with Crippen LogP contribution >= 0.6 is 11.6 Å². The van der Waals surface area contributed by atoms with E-state index in [2.05, 4.69) is 0 Å². The Bertz CT molecular complexity index is 349. The van der Waals surface area contributed by atoms with Crippen molar-refractivity contribution in [2.45, 2.75) is 26.2 Å². The van der Waals surface area contributed by atoms with Crippen molar-refractivity contribution in [3.8, 4) is 0 Å². The van der Waals surface area contributed by atoms with E-state index in [4.69, 9.17) is 11.6 Å². The molecule has 3 heteroatoms. The maximum Gasteiger partial charge on any atom is 0.142 e. The van der Waals surface area contributed by atoms with Crippen LogP contribution in [0.25, 0.3) is 0 Å². The third kappa shape index (κ3) is 3.03. The molecule has 0 amide bonds. The molecular formula is C12H14ClFO. The number of hydrogen-bond acceptors (Lipinski definition) is 1. The molecule has 0 fully saturated rings. The second kappa shape index (κ2) is 5.26. The summed E-state index contributed by atoms with van der Waals surface area (Å²) < 4.78 is 13.2. The highest BCUT2D eigenvalue weighted by molar-refractivity contribution is 6.30. The molecule has 0 aliphatic rings. The fourth-order valence-electron chi connectivity index (χ4n) is 1.64. The minimum absolute atomic E-state index is 0.0641. The maximum atomic E-state index is 13.2. The number of hydrogen-bond donors (Lipinski definition) is 0. The molecule has 0 aliphatic carbocycles. The van der Waals surface area contributed by atoms with E-state index in [0.29, 0.717) is 12.3 Å². The molecular weight excluding hydrogens is 215 g/mol. The van der Waals surface area contributed by atoms with Crippen LogP contribution in [0.3, 0.4) is 0 Å². The van der Waals surface area contributed by atoms with Crippen molar-refractivity contribution in [3.63, 3.8) is 0 Å². The molecule has 1 nitrogen and oxygen atoms in total. The molecule has 0 saturated carbocycles. The van der Waals surface area contributed by atoms with E-state index in [9.17, 15) is 9.18 Å². The molecule has 0 N–H and O–H groups in total. The van der Waals surface area contributed by atoms with Gasteiger partial charge in [-0.05, 0) is 29.5 Å². The summed E-state index contributed by atoms with van der Waals surface area (Å²) >= 11 is 5.60. The highest BCUT2D eigenvalue weighted by Gasteiger charge is 2.16. The highest BCUT2D eigenvalue weighted by Crippen LogP contribution is 2.29. The van der Waals surface area contributed by atoms with Crippen LogP contribution in [0.5, 0.6) is 0 Å². The van der Waals surface area contributed by atoms with Crippen molar-refractivity contribution < 1.29 is 9.18 Å². The molecule has 0 bridgehead atoms. The van der Waals surface area contributed by atoms with Crippen molar-refractivity contribution in [2.24, 2.45) is 5.92 Å². The van der Waals surface area contributed by atoms with Gasteiger partial charge in [-0.3, -0.25) is 0 Å². The minimum atomic E-state index is -0.425. The van der Waals surface area contributed by atoms with Gasteiger partial charge in [0.1, 0.15) is 12.1 Å². The van der Waals surface area contributed by atoms with Gasteiger partial charge in [0, 0.05) is 6.42 Å². The highest BCUT2D eigenvalue weighted by atomic mass is 35.5. The fraction of sp³-hybridized carbons (Fsp3) is 0.417. The van der Waals surface area contributed by atoms with E-state index in [-0.39, 0.29) is 10.9 Å². The van der Waals surface area contributed by atoms with E-state index >= 15 is 0 Å². The number of carbonyl (C=O) groups is 1. The summed E-state index contributed by atoms with van der Waals surface area (Å²) in [6.07, 6.45) is 1.29. The smallest absolute Gasteiger partial charge is 0.142 e. The summed E-state index contributed by atoms with van der Waals surface area (Å²) in [5.41, 5.74) is 0.832. The van der Waals surface area contributed by atoms with E-state index < -0.39 is 5.82 Å². The average molecular weight is 229 g/mol. The largest absolute Gasteiger partial charge is 0.303 e. The van der Waals surface area contributed by atoms with Gasteiger partial charge in [-0.15, -0.1) is 0 Å². The van der Waals surface area contributed by atoms with Crippen LogP contribution < -0.4 is 0 Å². The molecule has 1 unspecified atom stereocenters. The van der Waals surface area contributed by atoms with Crippen LogP contribution in [0.4, 0.5) is 4.39 Å². The van der Waals surface area contributed by atoms with Crippen molar-refractivity contribution in [3.05, 3.63) is 34.6 Å². The molecule has 0 saturated heterocycles. The zero-order valence-electron chi connectivity index (χ0n) is 8.84. The molecule has 1 atom stereocenters. The fourth-order valence-corrected chi connectivity index (χ4v) is 1.76. The Morgan fingerprint density at radius 1 is 1.47 bits per heavy atom. The topological polar surface area (TPSA) is 17.1 Å². The first kappa shape index (κ1) is 12.2. The summed E-state index contributed by atoms with van der Waals surface area (Å²) in [7, 11) is 0. The molecule has 1 aromatic rings. The van der Waals surface area contributed by atoms with E-state index in [1.807, 2.05) is 13.8 Å². The van der Waals surface area contributed by atoms with Crippen LogP contribution in [0.15, 0.2) is 18.2 Å². The third-order valence-electron chi connectivity index (χ3n) is 2.53. The first-order valence-corrected chi connectivity index (χ1v) is 5.32. The Hall–Kier alpha value is -0.890. The van der Waals surface area contributed by atoms with Crippen LogP contribution in [-0.2, 0) is 4.79 Å². The monoisotopic (exact) mass is 228 g/mol. The van der Waals surface area contributed by atoms with Gasteiger partial charge < -0.3 is 4.79 Å². The zero-order chi connectivity index (χ0) is 11.4. The zero-order valence-corrected chi connectivity index (χ0v) is 9.59. The number of rotatable bonds is 4. The van der Waals surface area contributed by atoms with Crippen LogP contribution in [0, 0.1) is 11.7 Å². The molecule has 1 rings (SSSR count). The van der Waals surface area contributed by atoms with Gasteiger partial charge in [-0.1, -0.05) is 31.5 Å². The molecule has 0 spiro atoms. The van der Waals surface area contributed by atoms with Crippen molar-refractivity contribution in [2.75, 3.05) is 0 Å². The normalized spacial score (nSPS) is 12.9. The number of benzene rings is 1. The summed E-state index contributed by atoms with van der Waals surface area (Å²) in [6, 6.07) is 4.72. The molecule has 0 aliphatic heterocycles. The van der Waals surface area contributed by atoms with E-state index in [1.54, 1.807) is 6.07 Å². The quantitative estimate of drug-likeness (QED) is 0.717. The van der Waals surface area contributed by atoms with E-state index in [0.717, 1.165) is 11.8 Å². The Kier molecular flexibility index (Phi) is 4.28. The predicted octanol–water partition coefficient (Wildman–Crippen LogP) is 3.81. The van der Waals surface area contributed by atoms with Crippen LogP contribution in [0.1, 0.15) is 31.7 Å². The Labute approximate surface area is 94.3 Å². The lowest BCUT2D eigenvalue weighted by Gasteiger charge is -2.18. The van der Waals surface area contributed by atoms with Gasteiger partial charge in [0.05, 0.1) is 5.02 Å². The minimum Gasteiger partial charge on any atom is -0.303 e.